The van der Waals surface area contributed by atoms with Gasteiger partial charge in [-0.2, -0.15) is 4.72 Å². The van der Waals surface area contributed by atoms with Gasteiger partial charge in [-0.15, -0.1) is 0 Å². The van der Waals surface area contributed by atoms with Crippen molar-refractivity contribution in [1.82, 2.24) is 9.62 Å². The van der Waals surface area contributed by atoms with Crippen LogP contribution in [0.25, 0.3) is 0 Å². The van der Waals surface area contributed by atoms with Crippen LogP contribution in [-0.2, 0) is 14.8 Å². The van der Waals surface area contributed by atoms with E-state index < -0.39 is 16.1 Å². The lowest BCUT2D eigenvalue weighted by molar-refractivity contribution is -0.132. The summed E-state index contributed by atoms with van der Waals surface area (Å²) in [5, 5.41) is 0. The molecule has 134 valence electrons. The fourth-order valence-corrected chi connectivity index (χ4v) is 4.61. The van der Waals surface area contributed by atoms with Gasteiger partial charge < -0.3 is 4.90 Å². The Bertz CT molecular complexity index is 692. The van der Waals surface area contributed by atoms with Crippen molar-refractivity contribution in [3.8, 4) is 0 Å². The SMILES string of the molecule is Cc1ccc(S(=O)(=O)N[C@H](CC(C)C)C(=O)N2CCCC2)c(C)c1. The van der Waals surface area contributed by atoms with Gasteiger partial charge in [0.2, 0.25) is 15.9 Å². The van der Waals surface area contributed by atoms with Crippen LogP contribution in [-0.4, -0.2) is 38.4 Å². The van der Waals surface area contributed by atoms with Gasteiger partial charge in [-0.3, -0.25) is 4.79 Å². The van der Waals surface area contributed by atoms with E-state index in [0.717, 1.165) is 31.5 Å². The summed E-state index contributed by atoms with van der Waals surface area (Å²) in [6, 6.07) is 4.53. The monoisotopic (exact) mass is 352 g/mol. The van der Waals surface area contributed by atoms with Crippen molar-refractivity contribution in [1.29, 1.82) is 0 Å². The van der Waals surface area contributed by atoms with Crippen LogP contribution < -0.4 is 4.72 Å². The molecular formula is C18H28N2O3S. The highest BCUT2D eigenvalue weighted by atomic mass is 32.2. The first kappa shape index (κ1) is 18.9. The molecule has 1 fully saturated rings. The van der Waals surface area contributed by atoms with Crippen LogP contribution in [0, 0.1) is 19.8 Å². The average molecular weight is 353 g/mol. The second-order valence-corrected chi connectivity index (χ2v) is 8.79. The van der Waals surface area contributed by atoms with Gasteiger partial charge >= 0.3 is 0 Å². The van der Waals surface area contributed by atoms with Gasteiger partial charge in [-0.1, -0.05) is 31.5 Å². The Hall–Kier alpha value is -1.40. The van der Waals surface area contributed by atoms with Gasteiger partial charge in [0.15, 0.2) is 0 Å². The van der Waals surface area contributed by atoms with E-state index in [9.17, 15) is 13.2 Å². The maximum atomic E-state index is 12.8. The molecule has 0 spiro atoms. The molecule has 2 rings (SSSR count). The van der Waals surface area contributed by atoms with E-state index in [0.29, 0.717) is 12.0 Å². The quantitative estimate of drug-likeness (QED) is 0.856. The number of nitrogens with one attached hydrogen (secondary N) is 1. The summed E-state index contributed by atoms with van der Waals surface area (Å²) in [5.74, 6) is 0.123. The highest BCUT2D eigenvalue weighted by molar-refractivity contribution is 7.89. The van der Waals surface area contributed by atoms with E-state index in [1.54, 1.807) is 24.0 Å². The molecule has 1 atom stereocenters. The Kier molecular flexibility index (Phi) is 6.04. The minimum Gasteiger partial charge on any atom is -0.341 e. The van der Waals surface area contributed by atoms with E-state index in [1.807, 2.05) is 26.8 Å². The molecule has 1 aliphatic heterocycles. The zero-order valence-corrected chi connectivity index (χ0v) is 15.8. The first-order valence-electron chi connectivity index (χ1n) is 8.59. The van der Waals surface area contributed by atoms with Crippen LogP contribution in [0.3, 0.4) is 0 Å². The molecule has 1 aliphatic rings. The maximum absolute atomic E-state index is 12.8. The van der Waals surface area contributed by atoms with Crippen LogP contribution >= 0.6 is 0 Å². The molecule has 0 bridgehead atoms. The van der Waals surface area contributed by atoms with Gasteiger partial charge in [-0.25, -0.2) is 8.42 Å². The number of carbonyl (C=O) groups excluding carboxylic acids is 1. The van der Waals surface area contributed by atoms with Crippen molar-refractivity contribution < 1.29 is 13.2 Å². The zero-order chi connectivity index (χ0) is 17.9. The van der Waals surface area contributed by atoms with Crippen LogP contribution in [0.1, 0.15) is 44.2 Å². The predicted molar refractivity (Wildman–Crippen MR) is 95.3 cm³/mol. The summed E-state index contributed by atoms with van der Waals surface area (Å²) in [6.07, 6.45) is 2.48. The minimum atomic E-state index is -3.72. The summed E-state index contributed by atoms with van der Waals surface area (Å²) in [6.45, 7) is 9.14. The Morgan fingerprint density at radius 1 is 1.21 bits per heavy atom. The molecule has 0 unspecified atom stereocenters. The van der Waals surface area contributed by atoms with Crippen molar-refractivity contribution in [2.45, 2.75) is 57.9 Å². The Balaban J connectivity index is 2.25. The van der Waals surface area contributed by atoms with E-state index in [2.05, 4.69) is 4.72 Å². The lowest BCUT2D eigenvalue weighted by Crippen LogP contribution is -2.48. The topological polar surface area (TPSA) is 66.5 Å². The molecule has 1 N–H and O–H groups in total. The van der Waals surface area contributed by atoms with Crippen molar-refractivity contribution in [2.24, 2.45) is 5.92 Å². The Labute approximate surface area is 145 Å². The third-order valence-corrected chi connectivity index (χ3v) is 5.97. The highest BCUT2D eigenvalue weighted by Crippen LogP contribution is 2.19. The van der Waals surface area contributed by atoms with E-state index in [-0.39, 0.29) is 16.7 Å². The van der Waals surface area contributed by atoms with Crippen molar-refractivity contribution in [2.75, 3.05) is 13.1 Å². The molecule has 0 saturated carbocycles. The fraction of sp³-hybridized carbons (Fsp3) is 0.611. The Morgan fingerprint density at radius 2 is 1.83 bits per heavy atom. The first-order chi connectivity index (χ1) is 11.2. The number of hydrogen-bond donors (Lipinski definition) is 1. The van der Waals surface area contributed by atoms with Gasteiger partial charge in [0, 0.05) is 13.1 Å². The summed E-state index contributed by atoms with van der Waals surface area (Å²) < 4.78 is 28.2. The molecule has 1 saturated heterocycles. The van der Waals surface area contributed by atoms with Crippen molar-refractivity contribution in [3.05, 3.63) is 29.3 Å². The fourth-order valence-electron chi connectivity index (χ4n) is 3.18. The van der Waals surface area contributed by atoms with Gasteiger partial charge in [0.05, 0.1) is 4.90 Å². The zero-order valence-electron chi connectivity index (χ0n) is 15.0. The summed E-state index contributed by atoms with van der Waals surface area (Å²) in [4.78, 5) is 14.7. The number of amides is 1. The van der Waals surface area contributed by atoms with Gasteiger partial charge in [0.25, 0.3) is 0 Å². The number of likely N-dealkylation sites (tertiary alicyclic amines) is 1. The van der Waals surface area contributed by atoms with Crippen LogP contribution in [0.15, 0.2) is 23.1 Å². The maximum Gasteiger partial charge on any atom is 0.241 e. The molecule has 0 aromatic heterocycles. The summed E-state index contributed by atoms with van der Waals surface area (Å²) in [7, 11) is -3.72. The standard InChI is InChI=1S/C18H28N2O3S/c1-13(2)11-16(18(21)20-9-5-6-10-20)19-24(22,23)17-8-7-14(3)12-15(17)4/h7-8,12-13,16,19H,5-6,9-11H2,1-4H3/t16-/m1/s1. The molecule has 1 aromatic carbocycles. The van der Waals surface area contributed by atoms with Crippen molar-refractivity contribution >= 4 is 15.9 Å². The molecule has 5 nitrogen and oxygen atoms in total. The number of aryl methyl sites for hydroxylation is 2. The summed E-state index contributed by atoms with van der Waals surface area (Å²) in [5.41, 5.74) is 1.71. The van der Waals surface area contributed by atoms with Crippen LogP contribution in [0.4, 0.5) is 0 Å². The number of hydrogen-bond acceptors (Lipinski definition) is 3. The van der Waals surface area contributed by atoms with E-state index in [1.165, 1.54) is 0 Å². The predicted octanol–water partition coefficient (Wildman–Crippen LogP) is 2.62. The molecule has 6 heteroatoms. The lowest BCUT2D eigenvalue weighted by atomic mass is 10.0. The van der Waals surface area contributed by atoms with Crippen LogP contribution in [0.5, 0.6) is 0 Å². The minimum absolute atomic E-state index is 0.102. The number of rotatable bonds is 6. The highest BCUT2D eigenvalue weighted by Gasteiger charge is 2.31. The largest absolute Gasteiger partial charge is 0.341 e. The number of benzene rings is 1. The number of carbonyl (C=O) groups is 1. The molecular weight excluding hydrogens is 324 g/mol. The number of sulfonamides is 1. The first-order valence-corrected chi connectivity index (χ1v) is 10.1. The van der Waals surface area contributed by atoms with E-state index >= 15 is 0 Å². The molecule has 0 aliphatic carbocycles. The van der Waals surface area contributed by atoms with Crippen LogP contribution in [0.2, 0.25) is 0 Å². The molecule has 1 heterocycles. The van der Waals surface area contributed by atoms with Gasteiger partial charge in [0.1, 0.15) is 6.04 Å². The second kappa shape index (κ2) is 7.66. The molecule has 24 heavy (non-hydrogen) atoms. The lowest BCUT2D eigenvalue weighted by Gasteiger charge is -2.25. The third-order valence-electron chi connectivity index (χ3n) is 4.34. The summed E-state index contributed by atoms with van der Waals surface area (Å²) >= 11 is 0. The molecule has 1 aromatic rings. The third kappa shape index (κ3) is 4.57. The smallest absolute Gasteiger partial charge is 0.241 e. The second-order valence-electron chi connectivity index (χ2n) is 7.10. The number of nitrogens with zero attached hydrogens (tertiary/aromatic N) is 1. The normalized spacial score (nSPS) is 16.6. The molecule has 0 radical (unpaired) electrons. The van der Waals surface area contributed by atoms with E-state index in [4.69, 9.17) is 0 Å². The average Bonchev–Trinajstić information content (AvgIpc) is 2.98. The Morgan fingerprint density at radius 3 is 2.38 bits per heavy atom. The van der Waals surface area contributed by atoms with Gasteiger partial charge in [-0.05, 0) is 50.7 Å². The van der Waals surface area contributed by atoms with Crippen molar-refractivity contribution in [3.63, 3.8) is 0 Å². The molecule has 1 amide bonds.